The van der Waals surface area contributed by atoms with Crippen molar-refractivity contribution in [2.45, 2.75) is 31.7 Å². The van der Waals surface area contributed by atoms with Gasteiger partial charge in [-0.3, -0.25) is 9.78 Å². The molecule has 2 aromatic rings. The molecule has 1 aromatic carbocycles. The largest absolute Gasteiger partial charge is 0.355 e. The number of fused-ring (bicyclic) bond motifs is 1. The molecule has 1 aliphatic heterocycles. The second-order valence-electron chi connectivity index (χ2n) is 6.41. The predicted molar refractivity (Wildman–Crippen MR) is 90.6 cm³/mol. The zero-order valence-electron chi connectivity index (χ0n) is 12.8. The number of carbonyl (C=O) groups excluding carboxylic acids is 1. The van der Waals surface area contributed by atoms with Crippen LogP contribution < -0.4 is 10.2 Å². The molecule has 23 heavy (non-hydrogen) atoms. The number of carbonyl (C=O) groups is 1. The Balaban J connectivity index is 1.41. The van der Waals surface area contributed by atoms with Crippen molar-refractivity contribution in [3.05, 3.63) is 29.4 Å². The van der Waals surface area contributed by atoms with E-state index < -0.39 is 0 Å². The number of amides is 1. The van der Waals surface area contributed by atoms with Gasteiger partial charge >= 0.3 is 0 Å². The monoisotopic (exact) mass is 330 g/mol. The summed E-state index contributed by atoms with van der Waals surface area (Å²) in [7, 11) is 0. The van der Waals surface area contributed by atoms with Crippen LogP contribution in [0.25, 0.3) is 11.0 Å². The molecule has 1 N–H and O–H groups in total. The molecule has 2 aliphatic rings. The fourth-order valence-corrected chi connectivity index (χ4v) is 3.21. The maximum absolute atomic E-state index is 11.8. The first-order valence-electron chi connectivity index (χ1n) is 8.17. The molecule has 120 valence electrons. The molecule has 2 fully saturated rings. The zero-order chi connectivity index (χ0) is 15.8. The lowest BCUT2D eigenvalue weighted by Crippen LogP contribution is -2.45. The Morgan fingerprint density at radius 2 is 1.96 bits per heavy atom. The molecule has 1 aliphatic carbocycles. The molecular formula is C17H19ClN4O. The quantitative estimate of drug-likeness (QED) is 0.940. The fourth-order valence-electron chi connectivity index (χ4n) is 3.04. The normalized spacial score (nSPS) is 19.1. The number of hydrogen-bond donors (Lipinski definition) is 1. The number of hydrogen-bond acceptors (Lipinski definition) is 4. The van der Waals surface area contributed by atoms with Crippen LogP contribution >= 0.6 is 11.6 Å². The number of aromatic nitrogens is 2. The van der Waals surface area contributed by atoms with Crippen molar-refractivity contribution in [3.63, 3.8) is 0 Å². The third-order valence-electron chi connectivity index (χ3n) is 4.61. The van der Waals surface area contributed by atoms with Gasteiger partial charge in [-0.25, -0.2) is 4.98 Å². The molecular weight excluding hydrogens is 312 g/mol. The number of anilines is 1. The molecule has 4 rings (SSSR count). The van der Waals surface area contributed by atoms with Crippen molar-refractivity contribution in [1.29, 1.82) is 0 Å². The van der Waals surface area contributed by atoms with Crippen LogP contribution in [-0.4, -0.2) is 35.0 Å². The molecule has 0 unspecified atom stereocenters. The third kappa shape index (κ3) is 3.24. The molecule has 1 saturated carbocycles. The van der Waals surface area contributed by atoms with Gasteiger partial charge in [0.05, 0.1) is 17.2 Å². The van der Waals surface area contributed by atoms with Gasteiger partial charge in [-0.1, -0.05) is 11.6 Å². The van der Waals surface area contributed by atoms with Gasteiger partial charge in [-0.05, 0) is 43.9 Å². The standard InChI is InChI=1S/C17H19ClN4O/c18-12-3-4-14-15(9-12)19-10-16(21-14)22-7-5-13(6-8-22)20-17(23)11-1-2-11/h3-4,9-11,13H,1-2,5-8H2,(H,20,23). The van der Waals surface area contributed by atoms with Crippen molar-refractivity contribution >= 4 is 34.4 Å². The van der Waals surface area contributed by atoms with Crippen molar-refractivity contribution in [2.75, 3.05) is 18.0 Å². The predicted octanol–water partition coefficient (Wildman–Crippen LogP) is 2.78. The number of nitrogens with one attached hydrogen (secondary N) is 1. The van der Waals surface area contributed by atoms with Crippen LogP contribution in [0.15, 0.2) is 24.4 Å². The number of benzene rings is 1. The van der Waals surface area contributed by atoms with E-state index >= 15 is 0 Å². The summed E-state index contributed by atoms with van der Waals surface area (Å²) in [4.78, 5) is 23.2. The van der Waals surface area contributed by atoms with E-state index in [2.05, 4.69) is 20.2 Å². The second-order valence-corrected chi connectivity index (χ2v) is 6.84. The van der Waals surface area contributed by atoms with Gasteiger partial charge in [0.2, 0.25) is 5.91 Å². The lowest BCUT2D eigenvalue weighted by molar-refractivity contribution is -0.123. The minimum absolute atomic E-state index is 0.242. The van der Waals surface area contributed by atoms with Gasteiger partial charge in [0.1, 0.15) is 5.82 Å². The molecule has 5 nitrogen and oxygen atoms in total. The van der Waals surface area contributed by atoms with Gasteiger partial charge in [-0.15, -0.1) is 0 Å². The van der Waals surface area contributed by atoms with Crippen molar-refractivity contribution in [3.8, 4) is 0 Å². The van der Waals surface area contributed by atoms with E-state index in [-0.39, 0.29) is 11.8 Å². The van der Waals surface area contributed by atoms with E-state index in [1.165, 1.54) is 0 Å². The second kappa shape index (κ2) is 5.96. The van der Waals surface area contributed by atoms with E-state index in [9.17, 15) is 4.79 Å². The average molecular weight is 331 g/mol. The van der Waals surface area contributed by atoms with Crippen molar-refractivity contribution in [2.24, 2.45) is 5.92 Å². The summed E-state index contributed by atoms with van der Waals surface area (Å²) in [6, 6.07) is 5.86. The van der Waals surface area contributed by atoms with Crippen molar-refractivity contribution < 1.29 is 4.79 Å². The molecule has 1 amide bonds. The highest BCUT2D eigenvalue weighted by Gasteiger charge is 2.31. The molecule has 1 aromatic heterocycles. The third-order valence-corrected chi connectivity index (χ3v) is 4.84. The lowest BCUT2D eigenvalue weighted by Gasteiger charge is -2.33. The Kier molecular flexibility index (Phi) is 3.81. The molecule has 6 heteroatoms. The SMILES string of the molecule is O=C(NC1CCN(c2cnc3cc(Cl)ccc3n2)CC1)C1CC1. The van der Waals surface area contributed by atoms with Gasteiger partial charge in [0.25, 0.3) is 0 Å². The molecule has 1 saturated heterocycles. The summed E-state index contributed by atoms with van der Waals surface area (Å²) in [6.07, 6.45) is 5.84. The lowest BCUT2D eigenvalue weighted by atomic mass is 10.0. The Labute approximate surface area is 140 Å². The first kappa shape index (κ1) is 14.7. The fraction of sp³-hybridized carbons (Fsp3) is 0.471. The molecule has 0 bridgehead atoms. The van der Waals surface area contributed by atoms with E-state index in [4.69, 9.17) is 11.6 Å². The van der Waals surface area contributed by atoms with Gasteiger partial charge < -0.3 is 10.2 Å². The Hall–Kier alpha value is -1.88. The summed E-state index contributed by atoms with van der Waals surface area (Å²) in [6.45, 7) is 1.78. The Morgan fingerprint density at radius 1 is 1.17 bits per heavy atom. The summed E-state index contributed by atoms with van der Waals surface area (Å²) >= 11 is 5.98. The van der Waals surface area contributed by atoms with E-state index in [1.54, 1.807) is 0 Å². The van der Waals surface area contributed by atoms with E-state index in [0.29, 0.717) is 11.1 Å². The molecule has 2 heterocycles. The highest BCUT2D eigenvalue weighted by atomic mass is 35.5. The first-order valence-corrected chi connectivity index (χ1v) is 8.54. The average Bonchev–Trinajstić information content (AvgIpc) is 3.40. The van der Waals surface area contributed by atoms with Crippen LogP contribution in [0.3, 0.4) is 0 Å². The zero-order valence-corrected chi connectivity index (χ0v) is 13.6. The number of nitrogens with zero attached hydrogens (tertiary/aromatic N) is 3. The summed E-state index contributed by atoms with van der Waals surface area (Å²) in [5.74, 6) is 1.42. The van der Waals surface area contributed by atoms with Crippen LogP contribution in [0.2, 0.25) is 5.02 Å². The number of piperidine rings is 1. The van der Waals surface area contributed by atoms with Crippen LogP contribution in [0.4, 0.5) is 5.82 Å². The number of halogens is 1. The summed E-state index contributed by atoms with van der Waals surface area (Å²) in [5.41, 5.74) is 1.67. The van der Waals surface area contributed by atoms with Crippen molar-refractivity contribution in [1.82, 2.24) is 15.3 Å². The highest BCUT2D eigenvalue weighted by molar-refractivity contribution is 6.31. The Bertz CT molecular complexity index is 738. The van der Waals surface area contributed by atoms with Crippen LogP contribution in [0, 0.1) is 5.92 Å². The maximum atomic E-state index is 11.8. The summed E-state index contributed by atoms with van der Waals surface area (Å²) < 4.78 is 0. The maximum Gasteiger partial charge on any atom is 0.223 e. The van der Waals surface area contributed by atoms with E-state index in [1.807, 2.05) is 24.4 Å². The molecule has 0 radical (unpaired) electrons. The summed E-state index contributed by atoms with van der Waals surface area (Å²) in [5, 5.41) is 3.85. The minimum atomic E-state index is 0.242. The van der Waals surface area contributed by atoms with Crippen LogP contribution in [-0.2, 0) is 4.79 Å². The highest BCUT2D eigenvalue weighted by Crippen LogP contribution is 2.29. The Morgan fingerprint density at radius 3 is 2.70 bits per heavy atom. The van der Waals surface area contributed by atoms with Gasteiger partial charge in [0.15, 0.2) is 0 Å². The first-order chi connectivity index (χ1) is 11.2. The topological polar surface area (TPSA) is 58.1 Å². The number of rotatable bonds is 3. The molecule has 0 atom stereocenters. The minimum Gasteiger partial charge on any atom is -0.355 e. The van der Waals surface area contributed by atoms with Crippen LogP contribution in [0.5, 0.6) is 0 Å². The van der Waals surface area contributed by atoms with Crippen LogP contribution in [0.1, 0.15) is 25.7 Å². The molecule has 0 spiro atoms. The van der Waals surface area contributed by atoms with E-state index in [0.717, 1.165) is 55.6 Å². The van der Waals surface area contributed by atoms with Gasteiger partial charge in [0, 0.05) is 30.1 Å². The van der Waals surface area contributed by atoms with Gasteiger partial charge in [-0.2, -0.15) is 0 Å². The smallest absolute Gasteiger partial charge is 0.223 e.